The van der Waals surface area contributed by atoms with Gasteiger partial charge < -0.3 is 10.4 Å². The molecule has 2 rings (SSSR count). The number of benzene rings is 2. The molecule has 2 aromatic carbocycles. The van der Waals surface area contributed by atoms with Crippen LogP contribution in [0.3, 0.4) is 0 Å². The smallest absolute Gasteiger partial charge is 0.328 e. The molecule has 0 spiro atoms. The van der Waals surface area contributed by atoms with E-state index >= 15 is 0 Å². The summed E-state index contributed by atoms with van der Waals surface area (Å²) in [6.45, 7) is 0. The number of nitrogens with one attached hydrogen (secondary N) is 1. The molecule has 21 heavy (non-hydrogen) atoms. The van der Waals surface area contributed by atoms with Crippen molar-refractivity contribution < 1.29 is 19.1 Å². The molecule has 0 unspecified atom stereocenters. The van der Waals surface area contributed by atoms with Crippen LogP contribution in [0, 0.1) is 5.82 Å². The van der Waals surface area contributed by atoms with Crippen molar-refractivity contribution >= 4 is 23.6 Å². The molecule has 0 aromatic heterocycles. The van der Waals surface area contributed by atoms with Gasteiger partial charge in [-0.2, -0.15) is 0 Å². The average Bonchev–Trinajstić information content (AvgIpc) is 2.46. The summed E-state index contributed by atoms with van der Waals surface area (Å²) in [5, 5.41) is 11.2. The SMILES string of the molecule is O=C(O)/C=C/c1cccc(NC(=O)c2ccc(F)cc2)c1. The lowest BCUT2D eigenvalue weighted by Crippen LogP contribution is -2.11. The molecule has 0 heterocycles. The fraction of sp³-hybridized carbons (Fsp3) is 0. The number of anilines is 1. The fourth-order valence-electron chi connectivity index (χ4n) is 1.69. The zero-order valence-electron chi connectivity index (χ0n) is 10.9. The van der Waals surface area contributed by atoms with Gasteiger partial charge in [0.25, 0.3) is 5.91 Å². The summed E-state index contributed by atoms with van der Waals surface area (Å²) < 4.78 is 12.8. The number of aliphatic carboxylic acids is 1. The Balaban J connectivity index is 2.12. The summed E-state index contributed by atoms with van der Waals surface area (Å²) in [6.07, 6.45) is 2.44. The largest absolute Gasteiger partial charge is 0.478 e. The number of carbonyl (C=O) groups is 2. The predicted octanol–water partition coefficient (Wildman–Crippen LogP) is 3.18. The molecule has 2 N–H and O–H groups in total. The molecule has 2 aromatic rings. The summed E-state index contributed by atoms with van der Waals surface area (Å²) in [5.41, 5.74) is 1.51. The van der Waals surface area contributed by atoms with Crippen molar-refractivity contribution in [2.75, 3.05) is 5.32 Å². The fourth-order valence-corrected chi connectivity index (χ4v) is 1.69. The highest BCUT2D eigenvalue weighted by Gasteiger charge is 2.06. The maximum Gasteiger partial charge on any atom is 0.328 e. The van der Waals surface area contributed by atoms with Gasteiger partial charge in [-0.05, 0) is 48.0 Å². The zero-order valence-corrected chi connectivity index (χ0v) is 10.9. The third-order valence-corrected chi connectivity index (χ3v) is 2.67. The number of carboxylic acid groups (broad SMARTS) is 1. The second kappa shape index (κ2) is 6.47. The Morgan fingerprint density at radius 1 is 1.10 bits per heavy atom. The summed E-state index contributed by atoms with van der Waals surface area (Å²) in [4.78, 5) is 22.4. The number of amides is 1. The van der Waals surface area contributed by atoms with Crippen LogP contribution in [0.15, 0.2) is 54.6 Å². The van der Waals surface area contributed by atoms with E-state index < -0.39 is 11.8 Å². The van der Waals surface area contributed by atoms with Gasteiger partial charge in [-0.3, -0.25) is 4.79 Å². The van der Waals surface area contributed by atoms with Crippen LogP contribution in [0.25, 0.3) is 6.08 Å². The lowest BCUT2D eigenvalue weighted by molar-refractivity contribution is -0.131. The van der Waals surface area contributed by atoms with Crippen LogP contribution in [-0.4, -0.2) is 17.0 Å². The van der Waals surface area contributed by atoms with Gasteiger partial charge in [0.05, 0.1) is 0 Å². The predicted molar refractivity (Wildman–Crippen MR) is 77.5 cm³/mol. The van der Waals surface area contributed by atoms with Crippen molar-refractivity contribution in [3.05, 3.63) is 71.6 Å². The van der Waals surface area contributed by atoms with Gasteiger partial charge in [0.2, 0.25) is 0 Å². The molecule has 0 fully saturated rings. The van der Waals surface area contributed by atoms with E-state index in [0.717, 1.165) is 6.08 Å². The third-order valence-electron chi connectivity index (χ3n) is 2.67. The molecule has 0 saturated carbocycles. The quantitative estimate of drug-likeness (QED) is 0.848. The van der Waals surface area contributed by atoms with E-state index in [-0.39, 0.29) is 5.91 Å². The molecule has 0 saturated heterocycles. The van der Waals surface area contributed by atoms with Crippen LogP contribution in [0.1, 0.15) is 15.9 Å². The molecular weight excluding hydrogens is 273 g/mol. The van der Waals surface area contributed by atoms with E-state index in [1.165, 1.54) is 30.3 Å². The minimum Gasteiger partial charge on any atom is -0.478 e. The molecule has 0 aliphatic heterocycles. The molecule has 5 heteroatoms. The average molecular weight is 285 g/mol. The van der Waals surface area contributed by atoms with Crippen LogP contribution < -0.4 is 5.32 Å². The molecule has 0 radical (unpaired) electrons. The van der Waals surface area contributed by atoms with Gasteiger partial charge in [-0.1, -0.05) is 12.1 Å². The monoisotopic (exact) mass is 285 g/mol. The lowest BCUT2D eigenvalue weighted by Gasteiger charge is -2.06. The van der Waals surface area contributed by atoms with Crippen LogP contribution in [0.5, 0.6) is 0 Å². The first-order chi connectivity index (χ1) is 10.0. The molecule has 1 amide bonds. The minimum atomic E-state index is -1.05. The van der Waals surface area contributed by atoms with Gasteiger partial charge in [-0.25, -0.2) is 9.18 Å². The Kier molecular flexibility index (Phi) is 4.46. The number of carboxylic acids is 1. The Bertz CT molecular complexity index is 693. The van der Waals surface area contributed by atoms with Crippen LogP contribution in [-0.2, 0) is 4.79 Å². The van der Waals surface area contributed by atoms with Gasteiger partial charge in [-0.15, -0.1) is 0 Å². The second-order valence-electron chi connectivity index (χ2n) is 4.26. The highest BCUT2D eigenvalue weighted by atomic mass is 19.1. The molecule has 106 valence electrons. The molecule has 0 aliphatic rings. The summed E-state index contributed by atoms with van der Waals surface area (Å²) in [6, 6.07) is 11.9. The van der Waals surface area contributed by atoms with Crippen molar-refractivity contribution in [3.63, 3.8) is 0 Å². The Hall–Kier alpha value is -2.95. The Morgan fingerprint density at radius 3 is 2.48 bits per heavy atom. The summed E-state index contributed by atoms with van der Waals surface area (Å²) >= 11 is 0. The molecular formula is C16H12FNO3. The van der Waals surface area contributed by atoms with Crippen molar-refractivity contribution in [2.45, 2.75) is 0 Å². The van der Waals surface area contributed by atoms with Crippen LogP contribution >= 0.6 is 0 Å². The van der Waals surface area contributed by atoms with E-state index in [2.05, 4.69) is 5.32 Å². The first kappa shape index (κ1) is 14.5. The maximum absolute atomic E-state index is 12.8. The number of hydrogen-bond donors (Lipinski definition) is 2. The van der Waals surface area contributed by atoms with E-state index in [1.807, 2.05) is 0 Å². The van der Waals surface area contributed by atoms with E-state index in [0.29, 0.717) is 16.8 Å². The van der Waals surface area contributed by atoms with Gasteiger partial charge >= 0.3 is 5.97 Å². The first-order valence-corrected chi connectivity index (χ1v) is 6.12. The summed E-state index contributed by atoms with van der Waals surface area (Å²) in [7, 11) is 0. The van der Waals surface area contributed by atoms with Gasteiger partial charge in [0.1, 0.15) is 5.82 Å². The number of hydrogen-bond acceptors (Lipinski definition) is 2. The normalized spacial score (nSPS) is 10.5. The molecule has 0 bridgehead atoms. The summed E-state index contributed by atoms with van der Waals surface area (Å²) in [5.74, 6) is -1.82. The van der Waals surface area contributed by atoms with Gasteiger partial charge in [0, 0.05) is 17.3 Å². The number of halogens is 1. The topological polar surface area (TPSA) is 66.4 Å². The zero-order chi connectivity index (χ0) is 15.2. The van der Waals surface area contributed by atoms with E-state index in [1.54, 1.807) is 24.3 Å². The van der Waals surface area contributed by atoms with Crippen molar-refractivity contribution in [2.24, 2.45) is 0 Å². The third kappa shape index (κ3) is 4.28. The van der Waals surface area contributed by atoms with E-state index in [9.17, 15) is 14.0 Å². The Morgan fingerprint density at radius 2 is 1.81 bits per heavy atom. The first-order valence-electron chi connectivity index (χ1n) is 6.12. The van der Waals surface area contributed by atoms with Crippen molar-refractivity contribution in [1.82, 2.24) is 0 Å². The van der Waals surface area contributed by atoms with Crippen LogP contribution in [0.4, 0.5) is 10.1 Å². The van der Waals surface area contributed by atoms with Gasteiger partial charge in [0.15, 0.2) is 0 Å². The number of carbonyl (C=O) groups excluding carboxylic acids is 1. The highest BCUT2D eigenvalue weighted by molar-refractivity contribution is 6.04. The second-order valence-corrected chi connectivity index (χ2v) is 4.26. The molecule has 4 nitrogen and oxygen atoms in total. The standard InChI is InChI=1S/C16H12FNO3/c17-13-7-5-12(6-8-13)16(21)18-14-3-1-2-11(10-14)4-9-15(19)20/h1-10H,(H,18,21)(H,19,20)/b9-4+. The number of rotatable bonds is 4. The minimum absolute atomic E-state index is 0.336. The lowest BCUT2D eigenvalue weighted by atomic mass is 10.1. The Labute approximate surface area is 120 Å². The molecule has 0 aliphatic carbocycles. The molecule has 0 atom stereocenters. The van der Waals surface area contributed by atoms with Crippen molar-refractivity contribution in [3.8, 4) is 0 Å². The maximum atomic E-state index is 12.8. The van der Waals surface area contributed by atoms with E-state index in [4.69, 9.17) is 5.11 Å². The highest BCUT2D eigenvalue weighted by Crippen LogP contribution is 2.14. The van der Waals surface area contributed by atoms with Crippen molar-refractivity contribution in [1.29, 1.82) is 0 Å². The van der Waals surface area contributed by atoms with Crippen LogP contribution in [0.2, 0.25) is 0 Å².